The summed E-state index contributed by atoms with van der Waals surface area (Å²) in [6, 6.07) is 10.4. The smallest absolute Gasteiger partial charge is 0.229 e. The Labute approximate surface area is 117 Å². The van der Waals surface area contributed by atoms with Crippen molar-refractivity contribution in [3.05, 3.63) is 47.6 Å². The van der Waals surface area contributed by atoms with Gasteiger partial charge in [-0.2, -0.15) is 4.98 Å². The van der Waals surface area contributed by atoms with Crippen LogP contribution in [0.25, 0.3) is 0 Å². The van der Waals surface area contributed by atoms with E-state index in [2.05, 4.69) is 22.3 Å². The summed E-state index contributed by atoms with van der Waals surface area (Å²) in [7, 11) is 0. The highest BCUT2D eigenvalue weighted by atomic mass is 16.5. The third-order valence-electron chi connectivity index (χ3n) is 4.52. The van der Waals surface area contributed by atoms with E-state index in [9.17, 15) is 5.11 Å². The van der Waals surface area contributed by atoms with Gasteiger partial charge in [0.25, 0.3) is 0 Å². The number of aliphatic hydroxyl groups excluding tert-OH is 1. The number of benzene rings is 1. The molecule has 4 nitrogen and oxygen atoms in total. The molecule has 0 bridgehead atoms. The number of hydrogen-bond donors (Lipinski definition) is 1. The Bertz CT molecular complexity index is 600. The Kier molecular flexibility index (Phi) is 2.67. The summed E-state index contributed by atoms with van der Waals surface area (Å²) < 4.78 is 5.34. The van der Waals surface area contributed by atoms with Gasteiger partial charge in [-0.15, -0.1) is 0 Å². The van der Waals surface area contributed by atoms with Crippen molar-refractivity contribution in [1.82, 2.24) is 10.1 Å². The molecule has 0 saturated heterocycles. The first kappa shape index (κ1) is 12.1. The third kappa shape index (κ3) is 2.04. The summed E-state index contributed by atoms with van der Waals surface area (Å²) in [6.07, 6.45) is 4.55. The molecule has 1 N–H and O–H groups in total. The molecular formula is C16H18N2O2. The quantitative estimate of drug-likeness (QED) is 0.906. The first-order valence-electron chi connectivity index (χ1n) is 7.35. The van der Waals surface area contributed by atoms with Crippen LogP contribution >= 0.6 is 0 Å². The minimum atomic E-state index is -0.324. The molecule has 2 aliphatic rings. The van der Waals surface area contributed by atoms with E-state index in [-0.39, 0.29) is 11.5 Å². The van der Waals surface area contributed by atoms with E-state index < -0.39 is 0 Å². The number of hydrogen-bond acceptors (Lipinski definition) is 4. The van der Waals surface area contributed by atoms with Crippen molar-refractivity contribution in [3.8, 4) is 0 Å². The van der Waals surface area contributed by atoms with Gasteiger partial charge in [-0.05, 0) is 37.2 Å². The van der Waals surface area contributed by atoms with Gasteiger partial charge in [0.1, 0.15) is 0 Å². The predicted molar refractivity (Wildman–Crippen MR) is 73.2 cm³/mol. The number of aromatic nitrogens is 2. The Morgan fingerprint density at radius 1 is 1.25 bits per heavy atom. The molecule has 104 valence electrons. The summed E-state index contributed by atoms with van der Waals surface area (Å²) in [6.45, 7) is 0. The Morgan fingerprint density at radius 2 is 2.00 bits per heavy atom. The molecule has 4 heteroatoms. The lowest BCUT2D eigenvalue weighted by Gasteiger charge is -2.10. The van der Waals surface area contributed by atoms with Gasteiger partial charge in [0.15, 0.2) is 5.82 Å². The van der Waals surface area contributed by atoms with E-state index in [1.165, 1.54) is 5.56 Å². The lowest BCUT2D eigenvalue weighted by molar-refractivity contribution is 0.140. The van der Waals surface area contributed by atoms with Gasteiger partial charge in [-0.3, -0.25) is 0 Å². The largest absolute Gasteiger partial charge is 0.392 e. The standard InChI is InChI=1S/C16H18N2O2/c19-13(11-6-7-11)10-14-17-15(18-20-14)16(8-9-16)12-4-2-1-3-5-12/h1-5,11,13,19H,6-10H2. The van der Waals surface area contributed by atoms with Crippen LogP contribution in [0.15, 0.2) is 34.9 Å². The van der Waals surface area contributed by atoms with Crippen molar-refractivity contribution in [3.63, 3.8) is 0 Å². The van der Waals surface area contributed by atoms with Crippen LogP contribution in [0.1, 0.15) is 43.0 Å². The van der Waals surface area contributed by atoms with Crippen molar-refractivity contribution < 1.29 is 9.63 Å². The highest BCUT2D eigenvalue weighted by Crippen LogP contribution is 2.52. The van der Waals surface area contributed by atoms with Gasteiger partial charge in [-0.25, -0.2) is 0 Å². The van der Waals surface area contributed by atoms with Crippen molar-refractivity contribution >= 4 is 0 Å². The Hall–Kier alpha value is -1.68. The lowest BCUT2D eigenvalue weighted by atomic mass is 9.95. The van der Waals surface area contributed by atoms with Gasteiger partial charge in [0, 0.05) is 0 Å². The van der Waals surface area contributed by atoms with E-state index in [1.807, 2.05) is 18.2 Å². The van der Waals surface area contributed by atoms with E-state index in [0.29, 0.717) is 18.2 Å². The van der Waals surface area contributed by atoms with Crippen molar-refractivity contribution in [2.45, 2.75) is 43.6 Å². The minimum Gasteiger partial charge on any atom is -0.392 e. The average molecular weight is 270 g/mol. The number of aliphatic hydroxyl groups is 1. The van der Waals surface area contributed by atoms with Crippen LogP contribution in [0.4, 0.5) is 0 Å². The van der Waals surface area contributed by atoms with Crippen LogP contribution in [0.2, 0.25) is 0 Å². The molecule has 1 aromatic heterocycles. The first-order chi connectivity index (χ1) is 9.78. The number of rotatable bonds is 5. The molecule has 20 heavy (non-hydrogen) atoms. The maximum absolute atomic E-state index is 9.96. The molecule has 2 aromatic rings. The molecule has 0 radical (unpaired) electrons. The zero-order valence-corrected chi connectivity index (χ0v) is 11.3. The van der Waals surface area contributed by atoms with E-state index >= 15 is 0 Å². The van der Waals surface area contributed by atoms with Crippen molar-refractivity contribution in [1.29, 1.82) is 0 Å². The SMILES string of the molecule is OC(Cc1nc(C2(c3ccccc3)CC2)no1)C1CC1. The lowest BCUT2D eigenvalue weighted by Crippen LogP contribution is -2.14. The second-order valence-corrected chi connectivity index (χ2v) is 6.07. The molecule has 1 unspecified atom stereocenters. The Balaban J connectivity index is 1.55. The Morgan fingerprint density at radius 3 is 2.65 bits per heavy atom. The maximum Gasteiger partial charge on any atom is 0.229 e. The van der Waals surface area contributed by atoms with Crippen LogP contribution in [-0.4, -0.2) is 21.4 Å². The van der Waals surface area contributed by atoms with Gasteiger partial charge in [0.2, 0.25) is 5.89 Å². The second-order valence-electron chi connectivity index (χ2n) is 6.07. The molecule has 0 aliphatic heterocycles. The molecule has 2 saturated carbocycles. The van der Waals surface area contributed by atoms with Gasteiger partial charge in [0.05, 0.1) is 17.9 Å². The van der Waals surface area contributed by atoms with E-state index in [0.717, 1.165) is 31.5 Å². The van der Waals surface area contributed by atoms with E-state index in [1.54, 1.807) is 0 Å². The van der Waals surface area contributed by atoms with Crippen LogP contribution in [0.5, 0.6) is 0 Å². The molecular weight excluding hydrogens is 252 g/mol. The molecule has 0 spiro atoms. The van der Waals surface area contributed by atoms with Crippen LogP contribution in [0.3, 0.4) is 0 Å². The first-order valence-corrected chi connectivity index (χ1v) is 7.35. The summed E-state index contributed by atoms with van der Waals surface area (Å²) in [4.78, 5) is 4.53. The minimum absolute atomic E-state index is 0.0481. The highest BCUT2D eigenvalue weighted by molar-refractivity contribution is 5.38. The van der Waals surface area contributed by atoms with E-state index in [4.69, 9.17) is 4.52 Å². The number of nitrogens with zero attached hydrogens (tertiary/aromatic N) is 2. The summed E-state index contributed by atoms with van der Waals surface area (Å²) in [5, 5.41) is 14.1. The van der Waals surface area contributed by atoms with Crippen molar-refractivity contribution in [2.75, 3.05) is 0 Å². The molecule has 1 aromatic carbocycles. The fourth-order valence-electron chi connectivity index (χ4n) is 2.88. The molecule has 4 rings (SSSR count). The fraction of sp³-hybridized carbons (Fsp3) is 0.500. The average Bonchev–Trinajstić information content (AvgIpc) is 3.39. The highest BCUT2D eigenvalue weighted by Gasteiger charge is 2.50. The molecule has 0 amide bonds. The monoisotopic (exact) mass is 270 g/mol. The summed E-state index contributed by atoms with van der Waals surface area (Å²) >= 11 is 0. The summed E-state index contributed by atoms with van der Waals surface area (Å²) in [5.74, 6) is 1.79. The molecule has 2 aliphatic carbocycles. The molecule has 2 fully saturated rings. The summed E-state index contributed by atoms with van der Waals surface area (Å²) in [5.41, 5.74) is 1.21. The van der Waals surface area contributed by atoms with Gasteiger partial charge >= 0.3 is 0 Å². The van der Waals surface area contributed by atoms with Crippen LogP contribution in [0, 0.1) is 5.92 Å². The zero-order valence-electron chi connectivity index (χ0n) is 11.3. The predicted octanol–water partition coefficient (Wildman–Crippen LogP) is 2.46. The van der Waals surface area contributed by atoms with Crippen LogP contribution in [-0.2, 0) is 11.8 Å². The normalized spacial score (nSPS) is 21.6. The second kappa shape index (κ2) is 4.42. The van der Waals surface area contributed by atoms with Crippen LogP contribution < -0.4 is 0 Å². The topological polar surface area (TPSA) is 59.2 Å². The van der Waals surface area contributed by atoms with Gasteiger partial charge in [-0.1, -0.05) is 35.5 Å². The third-order valence-corrected chi connectivity index (χ3v) is 4.52. The maximum atomic E-state index is 9.96. The van der Waals surface area contributed by atoms with Crippen molar-refractivity contribution in [2.24, 2.45) is 5.92 Å². The van der Waals surface area contributed by atoms with Gasteiger partial charge < -0.3 is 9.63 Å². The molecule has 1 atom stereocenters. The fourth-order valence-corrected chi connectivity index (χ4v) is 2.88. The molecule has 1 heterocycles. The zero-order chi connectivity index (χ0) is 13.6.